The van der Waals surface area contributed by atoms with Gasteiger partial charge in [0.2, 0.25) is 5.91 Å². The molecule has 8 heteroatoms. The lowest BCUT2D eigenvalue weighted by Crippen LogP contribution is -2.47. The van der Waals surface area contributed by atoms with E-state index in [-0.39, 0.29) is 41.6 Å². The number of carbonyl (C=O) groups excluding carboxylic acids is 1. The highest BCUT2D eigenvalue weighted by atomic mass is 127. The molecule has 1 atom stereocenters. The van der Waals surface area contributed by atoms with E-state index in [1.807, 2.05) is 48.2 Å². The van der Waals surface area contributed by atoms with E-state index in [2.05, 4.69) is 15.6 Å². The van der Waals surface area contributed by atoms with Crippen molar-refractivity contribution >= 4 is 35.8 Å². The molecule has 1 amide bonds. The lowest BCUT2D eigenvalue weighted by atomic mass is 9.97. The average molecular weight is 554 g/mol. The number of halogens is 2. The molecule has 1 aliphatic heterocycles. The van der Waals surface area contributed by atoms with Crippen LogP contribution < -0.4 is 10.6 Å². The Labute approximate surface area is 206 Å². The van der Waals surface area contributed by atoms with Crippen molar-refractivity contribution in [1.29, 1.82) is 0 Å². The molecular formula is C24H32FIN4O2. The molecule has 0 bridgehead atoms. The molecule has 0 aromatic heterocycles. The summed E-state index contributed by atoms with van der Waals surface area (Å²) in [4.78, 5) is 19.7. The predicted octanol–water partition coefficient (Wildman–Crippen LogP) is 3.45. The zero-order chi connectivity index (χ0) is 22.1. The second kappa shape index (κ2) is 13.4. The zero-order valence-electron chi connectivity index (χ0n) is 18.6. The number of ether oxygens (including phenoxy) is 1. The number of guanidine groups is 1. The van der Waals surface area contributed by atoms with Crippen molar-refractivity contribution in [3.63, 3.8) is 0 Å². The third-order valence-corrected chi connectivity index (χ3v) is 5.30. The van der Waals surface area contributed by atoms with Gasteiger partial charge in [0.25, 0.3) is 0 Å². The number of aliphatic imine (C=N–C) groups is 1. The van der Waals surface area contributed by atoms with Gasteiger partial charge in [0.05, 0.1) is 25.7 Å². The second-order valence-corrected chi connectivity index (χ2v) is 7.56. The third-order valence-electron chi connectivity index (χ3n) is 5.30. The van der Waals surface area contributed by atoms with Crippen LogP contribution in [0.15, 0.2) is 53.5 Å². The molecule has 2 aromatic carbocycles. The van der Waals surface area contributed by atoms with Gasteiger partial charge in [-0.3, -0.25) is 4.79 Å². The number of hydrogen-bond acceptors (Lipinski definition) is 3. The molecule has 1 unspecified atom stereocenters. The topological polar surface area (TPSA) is 66.0 Å². The number of aryl methyl sites for hydroxylation is 1. The fourth-order valence-electron chi connectivity index (χ4n) is 3.48. The molecule has 2 N–H and O–H groups in total. The van der Waals surface area contributed by atoms with Crippen molar-refractivity contribution in [3.8, 4) is 0 Å². The molecule has 1 fully saturated rings. The number of rotatable bonds is 7. The van der Waals surface area contributed by atoms with Crippen molar-refractivity contribution in [2.75, 3.05) is 39.4 Å². The van der Waals surface area contributed by atoms with Gasteiger partial charge in [-0.25, -0.2) is 9.38 Å². The molecular weight excluding hydrogens is 522 g/mol. The van der Waals surface area contributed by atoms with E-state index in [0.29, 0.717) is 57.5 Å². The Bertz CT molecular complexity index is 889. The van der Waals surface area contributed by atoms with Crippen LogP contribution in [0.2, 0.25) is 0 Å². The van der Waals surface area contributed by atoms with E-state index < -0.39 is 0 Å². The first-order valence-electron chi connectivity index (χ1n) is 10.8. The van der Waals surface area contributed by atoms with Crippen LogP contribution in [-0.2, 0) is 16.1 Å². The molecule has 0 radical (unpaired) electrons. The predicted molar refractivity (Wildman–Crippen MR) is 136 cm³/mol. The van der Waals surface area contributed by atoms with Crippen molar-refractivity contribution in [2.45, 2.75) is 26.3 Å². The van der Waals surface area contributed by atoms with Gasteiger partial charge in [0.1, 0.15) is 5.82 Å². The van der Waals surface area contributed by atoms with Crippen molar-refractivity contribution < 1.29 is 13.9 Å². The van der Waals surface area contributed by atoms with Gasteiger partial charge in [-0.1, -0.05) is 42.5 Å². The first-order chi connectivity index (χ1) is 15.1. The zero-order valence-corrected chi connectivity index (χ0v) is 21.0. The van der Waals surface area contributed by atoms with Crippen molar-refractivity contribution in [2.24, 2.45) is 4.99 Å². The fourth-order valence-corrected chi connectivity index (χ4v) is 3.48. The van der Waals surface area contributed by atoms with E-state index in [1.165, 1.54) is 6.07 Å². The monoisotopic (exact) mass is 554 g/mol. The number of amides is 1. The Hall–Kier alpha value is -2.20. The molecule has 1 aliphatic rings. The highest BCUT2D eigenvalue weighted by Crippen LogP contribution is 2.19. The van der Waals surface area contributed by atoms with E-state index in [0.717, 1.165) is 11.1 Å². The number of morpholine rings is 1. The normalized spacial score (nSPS) is 15.0. The van der Waals surface area contributed by atoms with Gasteiger partial charge >= 0.3 is 0 Å². The SMILES string of the molecule is CCNC(=NCc1ccc(C)c(F)c1)NCC(C(=O)N1CCOCC1)c1ccccc1.I. The Kier molecular flexibility index (Phi) is 10.9. The van der Waals surface area contributed by atoms with E-state index in [9.17, 15) is 9.18 Å². The van der Waals surface area contributed by atoms with E-state index >= 15 is 0 Å². The van der Waals surface area contributed by atoms with E-state index in [4.69, 9.17) is 4.74 Å². The van der Waals surface area contributed by atoms with Crippen LogP contribution >= 0.6 is 24.0 Å². The van der Waals surface area contributed by atoms with Crippen LogP contribution in [0.4, 0.5) is 4.39 Å². The van der Waals surface area contributed by atoms with Crippen molar-refractivity contribution in [1.82, 2.24) is 15.5 Å². The van der Waals surface area contributed by atoms with Crippen molar-refractivity contribution in [3.05, 3.63) is 71.0 Å². The summed E-state index contributed by atoms with van der Waals surface area (Å²) in [6, 6.07) is 14.9. The number of benzene rings is 2. The smallest absolute Gasteiger partial charge is 0.232 e. The van der Waals surface area contributed by atoms with Crippen LogP contribution in [-0.4, -0.2) is 56.2 Å². The highest BCUT2D eigenvalue weighted by Gasteiger charge is 2.27. The first kappa shape index (κ1) is 26.1. The van der Waals surface area contributed by atoms with Crippen LogP contribution in [0.5, 0.6) is 0 Å². The Morgan fingerprint density at radius 3 is 2.53 bits per heavy atom. The molecule has 1 saturated heterocycles. The minimum Gasteiger partial charge on any atom is -0.378 e. The van der Waals surface area contributed by atoms with E-state index in [1.54, 1.807) is 13.0 Å². The largest absolute Gasteiger partial charge is 0.378 e. The summed E-state index contributed by atoms with van der Waals surface area (Å²) in [7, 11) is 0. The fraction of sp³-hybridized carbons (Fsp3) is 0.417. The third kappa shape index (κ3) is 7.44. The van der Waals surface area contributed by atoms with Gasteiger partial charge in [0, 0.05) is 26.2 Å². The van der Waals surface area contributed by atoms with Gasteiger partial charge in [-0.15, -0.1) is 24.0 Å². The summed E-state index contributed by atoms with van der Waals surface area (Å²) in [5.74, 6) is 0.114. The molecule has 6 nitrogen and oxygen atoms in total. The highest BCUT2D eigenvalue weighted by molar-refractivity contribution is 14.0. The lowest BCUT2D eigenvalue weighted by Gasteiger charge is -2.31. The maximum Gasteiger partial charge on any atom is 0.232 e. The Morgan fingerprint density at radius 2 is 1.88 bits per heavy atom. The quantitative estimate of drug-likeness (QED) is 0.313. The molecule has 2 aromatic rings. The maximum absolute atomic E-state index is 13.8. The van der Waals surface area contributed by atoms with Gasteiger partial charge in [-0.05, 0) is 36.6 Å². The Morgan fingerprint density at radius 1 is 1.16 bits per heavy atom. The average Bonchev–Trinajstić information content (AvgIpc) is 2.81. The molecule has 3 rings (SSSR count). The Balaban J connectivity index is 0.00000363. The lowest BCUT2D eigenvalue weighted by molar-refractivity contribution is -0.136. The van der Waals surface area contributed by atoms with Crippen LogP contribution in [0, 0.1) is 12.7 Å². The number of carbonyl (C=O) groups is 1. The number of nitrogens with one attached hydrogen (secondary N) is 2. The second-order valence-electron chi connectivity index (χ2n) is 7.56. The van der Waals surface area contributed by atoms with Crippen LogP contribution in [0.1, 0.15) is 29.5 Å². The van der Waals surface area contributed by atoms with Gasteiger partial charge < -0.3 is 20.3 Å². The summed E-state index contributed by atoms with van der Waals surface area (Å²) in [5.41, 5.74) is 2.37. The number of nitrogens with zero attached hydrogens (tertiary/aromatic N) is 2. The van der Waals surface area contributed by atoms with Crippen LogP contribution in [0.25, 0.3) is 0 Å². The van der Waals surface area contributed by atoms with Gasteiger partial charge in [-0.2, -0.15) is 0 Å². The molecule has 32 heavy (non-hydrogen) atoms. The molecule has 0 aliphatic carbocycles. The first-order valence-corrected chi connectivity index (χ1v) is 10.8. The molecule has 174 valence electrons. The molecule has 0 saturated carbocycles. The van der Waals surface area contributed by atoms with Gasteiger partial charge in [0.15, 0.2) is 5.96 Å². The summed E-state index contributed by atoms with van der Waals surface area (Å²) in [6.45, 7) is 7.51. The number of hydrogen-bond donors (Lipinski definition) is 2. The summed E-state index contributed by atoms with van der Waals surface area (Å²) < 4.78 is 19.2. The maximum atomic E-state index is 13.8. The minimum atomic E-state index is -0.333. The molecule has 0 spiro atoms. The van der Waals surface area contributed by atoms with Crippen LogP contribution in [0.3, 0.4) is 0 Å². The summed E-state index contributed by atoms with van der Waals surface area (Å²) in [5, 5.41) is 6.51. The standard InChI is InChI=1S/C24H31FN4O2.HI/c1-3-26-24(27-16-19-10-9-18(2)22(25)15-19)28-17-21(20-7-5-4-6-8-20)23(30)29-11-13-31-14-12-29;/h4-10,15,21H,3,11-14,16-17H2,1-2H3,(H2,26,27,28);1H. The summed E-state index contributed by atoms with van der Waals surface area (Å²) >= 11 is 0. The molecule has 1 heterocycles. The summed E-state index contributed by atoms with van der Waals surface area (Å²) in [6.07, 6.45) is 0. The minimum absolute atomic E-state index is 0.